The Morgan fingerprint density at radius 3 is 2.00 bits per heavy atom. The second kappa shape index (κ2) is 11.5. The van der Waals surface area contributed by atoms with Crippen LogP contribution in [0.25, 0.3) is 66.1 Å². The van der Waals surface area contributed by atoms with Gasteiger partial charge in [0.1, 0.15) is 0 Å². The lowest BCUT2D eigenvalue weighted by Crippen LogP contribution is -2.42. The summed E-state index contributed by atoms with van der Waals surface area (Å²) < 4.78 is 2.37. The summed E-state index contributed by atoms with van der Waals surface area (Å²) in [6.45, 7) is 9.41. The van der Waals surface area contributed by atoms with Crippen molar-refractivity contribution in [3.05, 3.63) is 192 Å². The van der Waals surface area contributed by atoms with Crippen LogP contribution in [0.1, 0.15) is 49.9 Å². The zero-order chi connectivity index (χ0) is 37.1. The van der Waals surface area contributed by atoms with Crippen molar-refractivity contribution in [1.82, 2.24) is 9.88 Å². The van der Waals surface area contributed by atoms with Crippen LogP contribution in [0.15, 0.2) is 174 Å². The smallest absolute Gasteiger partial charge is 0.209 e. The Labute approximate surface area is 322 Å². The van der Waals surface area contributed by atoms with E-state index in [1.807, 2.05) is 0 Å². The van der Waals surface area contributed by atoms with Crippen molar-refractivity contribution in [2.45, 2.75) is 39.2 Å². The molecule has 3 nitrogen and oxygen atoms in total. The van der Waals surface area contributed by atoms with Crippen LogP contribution in [-0.2, 0) is 5.41 Å². The van der Waals surface area contributed by atoms with Gasteiger partial charge in [0.15, 0.2) is 0 Å². The second-order valence-corrected chi connectivity index (χ2v) is 16.4. The van der Waals surface area contributed by atoms with Crippen molar-refractivity contribution in [3.8, 4) is 22.3 Å². The third-order valence-corrected chi connectivity index (χ3v) is 12.7. The fourth-order valence-corrected chi connectivity index (χ4v) is 9.97. The zero-order valence-electron chi connectivity index (χ0n) is 31.6. The average molecular weight is 708 g/mol. The van der Waals surface area contributed by atoms with E-state index in [1.54, 1.807) is 0 Å². The van der Waals surface area contributed by atoms with Crippen LogP contribution in [-0.4, -0.2) is 16.6 Å². The molecule has 0 saturated carbocycles. The van der Waals surface area contributed by atoms with E-state index < -0.39 is 0 Å². The summed E-state index contributed by atoms with van der Waals surface area (Å²) in [6.07, 6.45) is 2.43. The maximum atomic E-state index is 5.61. The average Bonchev–Trinajstić information content (AvgIpc) is 3.79. The molecular formula is C52H41N3. The lowest BCUT2D eigenvalue weighted by Gasteiger charge is -2.33. The zero-order valence-corrected chi connectivity index (χ0v) is 31.6. The highest BCUT2D eigenvalue weighted by atomic mass is 15.2. The largest absolute Gasteiger partial charge is 0.345 e. The van der Waals surface area contributed by atoms with Crippen LogP contribution < -0.4 is 5.32 Å². The second-order valence-electron chi connectivity index (χ2n) is 16.4. The van der Waals surface area contributed by atoms with E-state index in [-0.39, 0.29) is 16.9 Å². The van der Waals surface area contributed by atoms with E-state index in [0.29, 0.717) is 0 Å². The SMILES string of the molecule is CC1(C)C(c2ccccc2)=CC2NC(n3c4ccc(-c5ccc6c(c5)C(C)(C)c5ccccc5-6)cc4c4c5ccccc5ccc43)=NC(c3ccccc3)=C21. The van der Waals surface area contributed by atoms with Crippen LogP contribution in [0.2, 0.25) is 0 Å². The van der Waals surface area contributed by atoms with Gasteiger partial charge in [-0.15, -0.1) is 0 Å². The number of hydrogen-bond donors (Lipinski definition) is 1. The van der Waals surface area contributed by atoms with Gasteiger partial charge in [-0.25, -0.2) is 4.99 Å². The van der Waals surface area contributed by atoms with Crippen LogP contribution in [0.3, 0.4) is 0 Å². The normalized spacial score (nSPS) is 17.9. The molecule has 55 heavy (non-hydrogen) atoms. The Hall–Kier alpha value is -6.45. The number of nitrogens with one attached hydrogen (secondary N) is 1. The maximum absolute atomic E-state index is 5.61. The topological polar surface area (TPSA) is 29.3 Å². The predicted octanol–water partition coefficient (Wildman–Crippen LogP) is 12.6. The summed E-state index contributed by atoms with van der Waals surface area (Å²) >= 11 is 0. The molecule has 1 unspecified atom stereocenters. The third-order valence-electron chi connectivity index (χ3n) is 12.7. The molecule has 1 aromatic heterocycles. The first-order chi connectivity index (χ1) is 26.8. The lowest BCUT2D eigenvalue weighted by atomic mass is 9.76. The number of rotatable bonds is 3. The summed E-state index contributed by atoms with van der Waals surface area (Å²) in [6, 6.07) is 57.8. The van der Waals surface area contributed by atoms with Crippen LogP contribution in [0, 0.1) is 5.41 Å². The molecule has 7 aromatic carbocycles. The summed E-state index contributed by atoms with van der Waals surface area (Å²) in [4.78, 5) is 5.61. The van der Waals surface area contributed by atoms with Gasteiger partial charge in [0.2, 0.25) is 5.96 Å². The summed E-state index contributed by atoms with van der Waals surface area (Å²) in [7, 11) is 0. The minimum Gasteiger partial charge on any atom is -0.345 e. The molecular weight excluding hydrogens is 667 g/mol. The molecule has 0 saturated heterocycles. The van der Waals surface area contributed by atoms with E-state index in [0.717, 1.165) is 28.3 Å². The Morgan fingerprint density at radius 1 is 0.527 bits per heavy atom. The highest BCUT2D eigenvalue weighted by Gasteiger charge is 2.44. The molecule has 11 rings (SSSR count). The number of hydrogen-bond acceptors (Lipinski definition) is 2. The first kappa shape index (κ1) is 32.0. The van der Waals surface area contributed by atoms with E-state index in [2.05, 4.69) is 201 Å². The Kier molecular flexibility index (Phi) is 6.71. The van der Waals surface area contributed by atoms with Crippen molar-refractivity contribution in [3.63, 3.8) is 0 Å². The molecule has 1 N–H and O–H groups in total. The number of benzene rings is 7. The molecule has 8 aromatic rings. The Balaban J connectivity index is 1.13. The van der Waals surface area contributed by atoms with Crippen LogP contribution in [0.4, 0.5) is 0 Å². The highest BCUT2D eigenvalue weighted by Crippen LogP contribution is 2.53. The molecule has 1 atom stereocenters. The third kappa shape index (κ3) is 4.59. The number of nitrogens with zero attached hydrogens (tertiary/aromatic N) is 2. The fourth-order valence-electron chi connectivity index (χ4n) is 9.97. The maximum Gasteiger partial charge on any atom is 0.209 e. The quantitative estimate of drug-likeness (QED) is 0.195. The van der Waals surface area contributed by atoms with Crippen molar-refractivity contribution < 1.29 is 0 Å². The van der Waals surface area contributed by atoms with Gasteiger partial charge in [-0.3, -0.25) is 4.57 Å². The van der Waals surface area contributed by atoms with Crippen LogP contribution in [0.5, 0.6) is 0 Å². The van der Waals surface area contributed by atoms with Gasteiger partial charge < -0.3 is 5.32 Å². The van der Waals surface area contributed by atoms with Crippen molar-refractivity contribution in [2.75, 3.05) is 0 Å². The molecule has 264 valence electrons. The van der Waals surface area contributed by atoms with Gasteiger partial charge in [-0.2, -0.15) is 0 Å². The molecule has 0 spiro atoms. The molecule has 0 fully saturated rings. The molecule has 3 aliphatic rings. The van der Waals surface area contributed by atoms with E-state index >= 15 is 0 Å². The summed E-state index contributed by atoms with van der Waals surface area (Å²) in [5.41, 5.74) is 16.0. The van der Waals surface area contributed by atoms with Gasteiger partial charge in [0, 0.05) is 27.2 Å². The fraction of sp³-hybridized carbons (Fsp3) is 0.135. The standard InChI is InChI=1S/C52H41N3/c1-51(2)41-22-14-13-21-38(41)39-26-23-36(30-43(39)51)35-25-27-45-40(29-35)47-37-20-12-11-15-32(37)24-28-46(47)55(45)50-53-44-31-42(33-16-7-5-8-17-33)52(3,4)48(44)49(54-50)34-18-9-6-10-19-34/h5-31,44H,1-4H3,(H,53,54). The predicted molar refractivity (Wildman–Crippen MR) is 231 cm³/mol. The molecule has 2 heterocycles. The molecule has 0 amide bonds. The minimum atomic E-state index is -0.225. The summed E-state index contributed by atoms with van der Waals surface area (Å²) in [5, 5.41) is 8.92. The van der Waals surface area contributed by atoms with Gasteiger partial charge in [0.05, 0.1) is 22.8 Å². The first-order valence-corrected chi connectivity index (χ1v) is 19.4. The number of fused-ring (bicyclic) bond motifs is 9. The van der Waals surface area contributed by atoms with Gasteiger partial charge in [-0.05, 0) is 85.1 Å². The van der Waals surface area contributed by atoms with E-state index in [1.165, 1.54) is 71.6 Å². The number of allylic oxidation sites excluding steroid dienone is 1. The van der Waals surface area contributed by atoms with Gasteiger partial charge in [0.25, 0.3) is 0 Å². The molecule has 0 bridgehead atoms. The molecule has 3 heteroatoms. The van der Waals surface area contributed by atoms with E-state index in [9.17, 15) is 0 Å². The number of aliphatic imine (C=N–C) groups is 1. The van der Waals surface area contributed by atoms with Crippen LogP contribution >= 0.6 is 0 Å². The van der Waals surface area contributed by atoms with Gasteiger partial charge in [-0.1, -0.05) is 167 Å². The van der Waals surface area contributed by atoms with Crippen molar-refractivity contribution >= 4 is 49.8 Å². The first-order valence-electron chi connectivity index (χ1n) is 19.4. The molecule has 0 radical (unpaired) electrons. The van der Waals surface area contributed by atoms with Crippen molar-refractivity contribution in [1.29, 1.82) is 0 Å². The van der Waals surface area contributed by atoms with Crippen molar-refractivity contribution in [2.24, 2.45) is 10.4 Å². The monoisotopic (exact) mass is 707 g/mol. The Bertz CT molecular complexity index is 2990. The Morgan fingerprint density at radius 2 is 1.18 bits per heavy atom. The lowest BCUT2D eigenvalue weighted by molar-refractivity contribution is 0.578. The number of aromatic nitrogens is 1. The molecule has 1 aliphatic heterocycles. The molecule has 2 aliphatic carbocycles. The summed E-state index contributed by atoms with van der Waals surface area (Å²) in [5.74, 6) is 0.842. The van der Waals surface area contributed by atoms with Gasteiger partial charge >= 0.3 is 0 Å². The highest BCUT2D eigenvalue weighted by molar-refractivity contribution is 6.24. The minimum absolute atomic E-state index is 0.0148. The van der Waals surface area contributed by atoms with E-state index in [4.69, 9.17) is 4.99 Å².